The molecule has 2 rings (SSSR count). The molecule has 0 aliphatic heterocycles. The molecule has 0 saturated heterocycles. The van der Waals surface area contributed by atoms with Crippen LogP contribution < -0.4 is 4.74 Å². The minimum atomic E-state index is 0.570. The lowest BCUT2D eigenvalue weighted by atomic mass is 10.2. The molecule has 14 heavy (non-hydrogen) atoms. The number of para-hydroxylation sites is 1. The molecule has 1 aromatic heterocycles. The van der Waals surface area contributed by atoms with Crippen molar-refractivity contribution in [3.63, 3.8) is 0 Å². The first kappa shape index (κ1) is 8.97. The van der Waals surface area contributed by atoms with Crippen molar-refractivity contribution < 1.29 is 9.53 Å². The second-order valence-electron chi connectivity index (χ2n) is 2.69. The average Bonchev–Trinajstić information content (AvgIpc) is 2.71. The van der Waals surface area contributed by atoms with Crippen LogP contribution >= 0.6 is 11.3 Å². The van der Waals surface area contributed by atoms with Gasteiger partial charge in [0.2, 0.25) is 0 Å². The van der Waals surface area contributed by atoms with E-state index in [-0.39, 0.29) is 0 Å². The van der Waals surface area contributed by atoms with Crippen molar-refractivity contribution in [3.05, 3.63) is 47.3 Å². The molecule has 0 fully saturated rings. The highest BCUT2D eigenvalue weighted by atomic mass is 32.1. The first-order valence-electron chi connectivity index (χ1n) is 4.16. The summed E-state index contributed by atoms with van der Waals surface area (Å²) in [6.45, 7) is 0. The highest BCUT2D eigenvalue weighted by Crippen LogP contribution is 2.27. The van der Waals surface area contributed by atoms with E-state index in [4.69, 9.17) is 4.74 Å². The number of benzene rings is 1. The van der Waals surface area contributed by atoms with Gasteiger partial charge in [0.05, 0.1) is 5.56 Å². The summed E-state index contributed by atoms with van der Waals surface area (Å²) in [4.78, 5) is 10.7. The van der Waals surface area contributed by atoms with Gasteiger partial charge >= 0.3 is 0 Å². The number of carbonyl (C=O) groups excluding carboxylic acids is 1. The number of hydrogen-bond acceptors (Lipinski definition) is 3. The summed E-state index contributed by atoms with van der Waals surface area (Å²) < 4.78 is 5.53. The van der Waals surface area contributed by atoms with Gasteiger partial charge in [-0.3, -0.25) is 4.79 Å². The van der Waals surface area contributed by atoms with Crippen molar-refractivity contribution in [2.45, 2.75) is 0 Å². The Bertz CT molecular complexity index is 421. The number of carbonyl (C=O) groups is 1. The number of aldehydes is 1. The Hall–Kier alpha value is -1.61. The minimum absolute atomic E-state index is 0.570. The first-order valence-corrected chi connectivity index (χ1v) is 5.03. The van der Waals surface area contributed by atoms with E-state index in [2.05, 4.69) is 0 Å². The topological polar surface area (TPSA) is 26.3 Å². The van der Waals surface area contributed by atoms with Gasteiger partial charge in [-0.25, -0.2) is 0 Å². The predicted molar refractivity (Wildman–Crippen MR) is 56.2 cm³/mol. The molecule has 0 radical (unpaired) electrons. The Morgan fingerprint density at radius 3 is 2.71 bits per heavy atom. The van der Waals surface area contributed by atoms with E-state index in [1.165, 1.54) is 11.3 Å². The molecule has 1 heterocycles. The van der Waals surface area contributed by atoms with E-state index in [0.29, 0.717) is 11.3 Å². The number of hydrogen-bond donors (Lipinski definition) is 0. The molecule has 1 aromatic carbocycles. The van der Waals surface area contributed by atoms with Crippen LogP contribution in [0.15, 0.2) is 41.8 Å². The lowest BCUT2D eigenvalue weighted by Crippen LogP contribution is -1.87. The lowest BCUT2D eigenvalue weighted by molar-refractivity contribution is 0.112. The summed E-state index contributed by atoms with van der Waals surface area (Å²) in [7, 11) is 0. The first-order chi connectivity index (χ1) is 6.90. The Morgan fingerprint density at radius 1 is 1.14 bits per heavy atom. The summed E-state index contributed by atoms with van der Waals surface area (Å²) in [6.07, 6.45) is 0.795. The number of thiophene rings is 1. The van der Waals surface area contributed by atoms with Crippen LogP contribution in [-0.2, 0) is 0 Å². The molecule has 2 nitrogen and oxygen atoms in total. The lowest BCUT2D eigenvalue weighted by Gasteiger charge is -2.04. The van der Waals surface area contributed by atoms with Crippen LogP contribution in [0.3, 0.4) is 0 Å². The summed E-state index contributed by atoms with van der Waals surface area (Å²) in [6, 6.07) is 10.9. The predicted octanol–water partition coefficient (Wildman–Crippen LogP) is 3.35. The van der Waals surface area contributed by atoms with Gasteiger partial charge in [0.1, 0.15) is 5.75 Å². The third-order valence-corrected chi connectivity index (χ3v) is 2.50. The van der Waals surface area contributed by atoms with Gasteiger partial charge < -0.3 is 4.74 Å². The highest BCUT2D eigenvalue weighted by Gasteiger charge is 2.02. The van der Waals surface area contributed by atoms with Crippen LogP contribution in [0.4, 0.5) is 0 Å². The van der Waals surface area contributed by atoms with Crippen molar-refractivity contribution >= 4 is 17.6 Å². The maximum absolute atomic E-state index is 10.7. The normalized spacial score (nSPS) is 9.71. The number of rotatable bonds is 3. The molecule has 0 N–H and O–H groups in total. The van der Waals surface area contributed by atoms with Crippen molar-refractivity contribution in [2.24, 2.45) is 0 Å². The Labute approximate surface area is 85.8 Å². The SMILES string of the molecule is O=Cc1ccccc1Oc1cccs1. The second-order valence-corrected chi connectivity index (χ2v) is 3.60. The quantitative estimate of drug-likeness (QED) is 0.716. The molecular weight excluding hydrogens is 196 g/mol. The van der Waals surface area contributed by atoms with Crippen LogP contribution in [-0.4, -0.2) is 6.29 Å². The van der Waals surface area contributed by atoms with Gasteiger partial charge in [0.25, 0.3) is 0 Å². The molecule has 0 saturated carbocycles. The monoisotopic (exact) mass is 204 g/mol. The molecule has 0 atom stereocenters. The number of ether oxygens (including phenoxy) is 1. The fourth-order valence-electron chi connectivity index (χ4n) is 1.10. The van der Waals surface area contributed by atoms with Crippen LogP contribution in [0.1, 0.15) is 10.4 Å². The molecule has 2 aromatic rings. The zero-order valence-electron chi connectivity index (χ0n) is 7.34. The summed E-state index contributed by atoms with van der Waals surface area (Å²) in [5.41, 5.74) is 0.570. The summed E-state index contributed by atoms with van der Waals surface area (Å²) in [5, 5.41) is 2.72. The van der Waals surface area contributed by atoms with Gasteiger partial charge in [-0.1, -0.05) is 12.1 Å². The van der Waals surface area contributed by atoms with Gasteiger partial charge in [0.15, 0.2) is 11.3 Å². The van der Waals surface area contributed by atoms with Crippen LogP contribution in [0.2, 0.25) is 0 Å². The second kappa shape index (κ2) is 4.07. The van der Waals surface area contributed by atoms with Crippen molar-refractivity contribution in [1.29, 1.82) is 0 Å². The zero-order chi connectivity index (χ0) is 9.80. The minimum Gasteiger partial charge on any atom is -0.446 e. The molecule has 0 spiro atoms. The van der Waals surface area contributed by atoms with Crippen molar-refractivity contribution in [1.82, 2.24) is 0 Å². The van der Waals surface area contributed by atoms with Crippen molar-refractivity contribution in [2.75, 3.05) is 0 Å². The third-order valence-electron chi connectivity index (χ3n) is 1.75. The molecule has 0 aliphatic carbocycles. The van der Waals surface area contributed by atoms with E-state index in [1.807, 2.05) is 29.6 Å². The van der Waals surface area contributed by atoms with Gasteiger partial charge in [0, 0.05) is 0 Å². The molecule has 0 bridgehead atoms. The smallest absolute Gasteiger partial charge is 0.180 e. The molecule has 0 unspecified atom stereocenters. The Morgan fingerprint density at radius 2 is 2.00 bits per heavy atom. The Kier molecular flexibility index (Phi) is 2.60. The van der Waals surface area contributed by atoms with E-state index in [1.54, 1.807) is 12.1 Å². The standard InChI is InChI=1S/C11H8O2S/c12-8-9-4-1-2-5-10(9)13-11-6-3-7-14-11/h1-8H. The van der Waals surface area contributed by atoms with Gasteiger partial charge in [-0.2, -0.15) is 0 Å². The van der Waals surface area contributed by atoms with Crippen LogP contribution in [0, 0.1) is 0 Å². The fraction of sp³-hybridized carbons (Fsp3) is 0. The molecule has 0 aliphatic rings. The van der Waals surface area contributed by atoms with Crippen LogP contribution in [0.25, 0.3) is 0 Å². The van der Waals surface area contributed by atoms with Crippen LogP contribution in [0.5, 0.6) is 10.8 Å². The third kappa shape index (κ3) is 1.83. The largest absolute Gasteiger partial charge is 0.446 e. The molecule has 3 heteroatoms. The molecule has 70 valence electrons. The summed E-state index contributed by atoms with van der Waals surface area (Å²) >= 11 is 1.50. The zero-order valence-corrected chi connectivity index (χ0v) is 8.16. The average molecular weight is 204 g/mol. The highest BCUT2D eigenvalue weighted by molar-refractivity contribution is 7.11. The van der Waals surface area contributed by atoms with E-state index >= 15 is 0 Å². The fourth-order valence-corrected chi connectivity index (χ4v) is 1.69. The van der Waals surface area contributed by atoms with Gasteiger partial charge in [-0.05, 0) is 29.6 Å². The van der Waals surface area contributed by atoms with Gasteiger partial charge in [-0.15, -0.1) is 11.3 Å². The molecular formula is C11H8O2S. The summed E-state index contributed by atoms with van der Waals surface area (Å²) in [5.74, 6) is 0.602. The van der Waals surface area contributed by atoms with Crippen molar-refractivity contribution in [3.8, 4) is 10.8 Å². The van der Waals surface area contributed by atoms with E-state index in [0.717, 1.165) is 11.3 Å². The Balaban J connectivity index is 2.28. The maximum atomic E-state index is 10.7. The van der Waals surface area contributed by atoms with E-state index < -0.39 is 0 Å². The maximum Gasteiger partial charge on any atom is 0.180 e. The molecule has 0 amide bonds. The van der Waals surface area contributed by atoms with E-state index in [9.17, 15) is 4.79 Å².